The lowest BCUT2D eigenvalue weighted by Crippen LogP contribution is -2.30. The molecule has 0 aliphatic heterocycles. The molecular formula is C25H24F3N3O4. The summed E-state index contributed by atoms with van der Waals surface area (Å²) < 4.78 is 45.3. The van der Waals surface area contributed by atoms with Gasteiger partial charge >= 0.3 is 12.1 Å². The number of amides is 1. The van der Waals surface area contributed by atoms with Crippen LogP contribution in [-0.2, 0) is 22.1 Å². The summed E-state index contributed by atoms with van der Waals surface area (Å²) >= 11 is 0. The second-order valence-electron chi connectivity index (χ2n) is 7.93. The molecule has 0 atom stereocenters. The molecule has 0 bridgehead atoms. The van der Waals surface area contributed by atoms with Crippen molar-refractivity contribution in [2.24, 2.45) is 0 Å². The molecule has 2 aromatic carbocycles. The van der Waals surface area contributed by atoms with Crippen LogP contribution in [0.15, 0.2) is 59.4 Å². The van der Waals surface area contributed by atoms with Gasteiger partial charge < -0.3 is 10.1 Å². The van der Waals surface area contributed by atoms with E-state index in [0.717, 1.165) is 34.0 Å². The molecular weight excluding hydrogens is 463 g/mol. The number of nitrogens with zero attached hydrogens (tertiary/aromatic N) is 2. The van der Waals surface area contributed by atoms with E-state index in [4.69, 9.17) is 4.74 Å². The van der Waals surface area contributed by atoms with Crippen LogP contribution in [0.25, 0.3) is 5.69 Å². The molecule has 184 valence electrons. The minimum atomic E-state index is -4.56. The van der Waals surface area contributed by atoms with Crippen molar-refractivity contribution in [1.29, 1.82) is 0 Å². The zero-order chi connectivity index (χ0) is 25.6. The number of hydrogen-bond acceptors (Lipinski definition) is 5. The number of rotatable bonds is 8. The number of halogens is 3. The summed E-state index contributed by atoms with van der Waals surface area (Å²) in [7, 11) is 0. The number of ether oxygens (including phenoxy) is 1. The Morgan fingerprint density at radius 1 is 1.06 bits per heavy atom. The number of carbonyl (C=O) groups excluding carboxylic acids is 2. The monoisotopic (exact) mass is 487 g/mol. The van der Waals surface area contributed by atoms with Gasteiger partial charge in [0.1, 0.15) is 6.61 Å². The van der Waals surface area contributed by atoms with E-state index in [0.29, 0.717) is 6.42 Å². The molecule has 0 unspecified atom stereocenters. The van der Waals surface area contributed by atoms with E-state index >= 15 is 0 Å². The molecule has 1 aromatic heterocycles. The minimum absolute atomic E-state index is 0.0339. The molecule has 0 fully saturated rings. The van der Waals surface area contributed by atoms with E-state index in [9.17, 15) is 27.6 Å². The molecule has 1 amide bonds. The Balaban J connectivity index is 1.58. The van der Waals surface area contributed by atoms with Crippen LogP contribution in [0.1, 0.15) is 39.3 Å². The second-order valence-corrected chi connectivity index (χ2v) is 7.93. The van der Waals surface area contributed by atoms with Gasteiger partial charge in [-0.05, 0) is 44.0 Å². The van der Waals surface area contributed by atoms with Crippen molar-refractivity contribution in [3.8, 4) is 5.69 Å². The molecule has 0 aliphatic rings. The van der Waals surface area contributed by atoms with Crippen LogP contribution in [0.2, 0.25) is 0 Å². The summed E-state index contributed by atoms with van der Waals surface area (Å²) in [6.45, 7) is 3.29. The van der Waals surface area contributed by atoms with Crippen LogP contribution in [0.3, 0.4) is 0 Å². The molecule has 10 heteroatoms. The Morgan fingerprint density at radius 3 is 2.46 bits per heavy atom. The lowest BCUT2D eigenvalue weighted by atomic mass is 10.1. The highest BCUT2D eigenvalue weighted by Crippen LogP contribution is 2.30. The van der Waals surface area contributed by atoms with Crippen molar-refractivity contribution in [3.63, 3.8) is 0 Å². The average Bonchev–Trinajstić information content (AvgIpc) is 2.81. The molecule has 3 rings (SSSR count). The van der Waals surface area contributed by atoms with E-state index in [1.807, 2.05) is 31.2 Å². The molecule has 35 heavy (non-hydrogen) atoms. The van der Waals surface area contributed by atoms with Crippen molar-refractivity contribution in [2.75, 3.05) is 13.2 Å². The molecule has 0 saturated heterocycles. The molecule has 7 nitrogen and oxygen atoms in total. The average molecular weight is 487 g/mol. The Hall–Kier alpha value is -3.95. The minimum Gasteiger partial charge on any atom is -0.459 e. The molecule has 3 aromatic rings. The third-order valence-electron chi connectivity index (χ3n) is 5.14. The van der Waals surface area contributed by atoms with E-state index in [1.165, 1.54) is 19.1 Å². The van der Waals surface area contributed by atoms with Crippen molar-refractivity contribution < 1.29 is 27.5 Å². The zero-order valence-electron chi connectivity index (χ0n) is 19.2. The molecule has 0 aliphatic carbocycles. The normalized spacial score (nSPS) is 11.2. The van der Waals surface area contributed by atoms with Crippen molar-refractivity contribution in [2.45, 2.75) is 32.9 Å². The summed E-state index contributed by atoms with van der Waals surface area (Å²) in [5, 5.41) is 6.55. The fourth-order valence-electron chi connectivity index (χ4n) is 3.27. The number of hydrogen-bond donors (Lipinski definition) is 1. The highest BCUT2D eigenvalue weighted by Gasteiger charge is 2.30. The molecule has 0 saturated carbocycles. The van der Waals surface area contributed by atoms with Crippen LogP contribution in [0.5, 0.6) is 0 Å². The number of esters is 1. The number of benzene rings is 2. The van der Waals surface area contributed by atoms with Gasteiger partial charge in [0, 0.05) is 18.2 Å². The van der Waals surface area contributed by atoms with E-state index in [-0.39, 0.29) is 36.9 Å². The first-order chi connectivity index (χ1) is 16.5. The lowest BCUT2D eigenvalue weighted by molar-refractivity contribution is -0.137. The summed E-state index contributed by atoms with van der Waals surface area (Å²) in [6.07, 6.45) is -3.73. The molecule has 0 spiro atoms. The van der Waals surface area contributed by atoms with Crippen molar-refractivity contribution >= 4 is 11.9 Å². The third-order valence-corrected chi connectivity index (χ3v) is 5.14. The summed E-state index contributed by atoms with van der Waals surface area (Å²) in [5.74, 6) is -1.26. The van der Waals surface area contributed by atoms with Gasteiger partial charge in [-0.15, -0.1) is 0 Å². The topological polar surface area (TPSA) is 90.3 Å². The van der Waals surface area contributed by atoms with Gasteiger partial charge in [0.25, 0.3) is 0 Å². The third kappa shape index (κ3) is 7.02. The van der Waals surface area contributed by atoms with E-state index < -0.39 is 28.8 Å². The Kier molecular flexibility index (Phi) is 8.06. The lowest BCUT2D eigenvalue weighted by Gasteiger charge is -2.13. The maximum atomic E-state index is 13.1. The van der Waals surface area contributed by atoms with Gasteiger partial charge in [0.15, 0.2) is 0 Å². The first-order valence-corrected chi connectivity index (χ1v) is 10.8. The molecule has 1 N–H and O–H groups in total. The number of carbonyl (C=O) groups is 2. The summed E-state index contributed by atoms with van der Waals surface area (Å²) in [6, 6.07) is 13.3. The van der Waals surface area contributed by atoms with Crippen molar-refractivity contribution in [1.82, 2.24) is 15.1 Å². The van der Waals surface area contributed by atoms with Gasteiger partial charge in [-0.25, -0.2) is 9.48 Å². The van der Waals surface area contributed by atoms with Gasteiger partial charge in [-0.1, -0.05) is 35.9 Å². The molecule has 0 radical (unpaired) electrons. The highest BCUT2D eigenvalue weighted by molar-refractivity contribution is 5.87. The Morgan fingerprint density at radius 2 is 1.77 bits per heavy atom. The highest BCUT2D eigenvalue weighted by atomic mass is 19.4. The number of aromatic nitrogens is 2. The maximum Gasteiger partial charge on any atom is 0.416 e. The first-order valence-electron chi connectivity index (χ1n) is 10.8. The Labute approximate surface area is 199 Å². The van der Waals surface area contributed by atoms with Crippen LogP contribution in [0.4, 0.5) is 13.2 Å². The van der Waals surface area contributed by atoms with Crippen molar-refractivity contribution in [3.05, 3.63) is 92.9 Å². The van der Waals surface area contributed by atoms with E-state index in [2.05, 4.69) is 10.4 Å². The van der Waals surface area contributed by atoms with Gasteiger partial charge in [-0.3, -0.25) is 9.59 Å². The predicted molar refractivity (Wildman–Crippen MR) is 122 cm³/mol. The van der Waals surface area contributed by atoms with Crippen LogP contribution >= 0.6 is 0 Å². The first kappa shape index (κ1) is 25.7. The van der Waals surface area contributed by atoms with Crippen LogP contribution in [0, 0.1) is 13.8 Å². The fourth-order valence-corrected chi connectivity index (χ4v) is 3.27. The van der Waals surface area contributed by atoms with E-state index in [1.54, 1.807) is 0 Å². The van der Waals surface area contributed by atoms with Gasteiger partial charge in [0.05, 0.1) is 17.8 Å². The molecule has 1 heterocycles. The quantitative estimate of drug-likeness (QED) is 0.386. The van der Waals surface area contributed by atoms with Gasteiger partial charge in [-0.2, -0.15) is 18.3 Å². The largest absolute Gasteiger partial charge is 0.459 e. The number of alkyl halides is 3. The smallest absolute Gasteiger partial charge is 0.416 e. The summed E-state index contributed by atoms with van der Waals surface area (Å²) in [4.78, 5) is 36.6. The van der Waals surface area contributed by atoms with Crippen LogP contribution in [-0.4, -0.2) is 34.8 Å². The standard InChI is InChI=1S/C25H24F3N3O4/c1-16-6-8-18(9-7-16)10-11-22(33)29-12-13-35-24(34)23-21(32)14-17(2)31(30-23)20-5-3-4-19(15-20)25(26,27)28/h3-9,14-15H,10-13H2,1-2H3,(H,29,33). The Bertz CT molecular complexity index is 1270. The van der Waals surface area contributed by atoms with Gasteiger partial charge in [0.2, 0.25) is 17.0 Å². The fraction of sp³-hybridized carbons (Fsp3) is 0.280. The van der Waals surface area contributed by atoms with Crippen LogP contribution < -0.4 is 10.7 Å². The SMILES string of the molecule is Cc1ccc(CCC(=O)NCCOC(=O)c2nn(-c3cccc(C(F)(F)F)c3)c(C)cc2=O)cc1. The number of aryl methyl sites for hydroxylation is 3. The second kappa shape index (κ2) is 11.0. The summed E-state index contributed by atoms with van der Waals surface area (Å²) in [5.41, 5.74) is 0.247. The maximum absolute atomic E-state index is 13.1. The zero-order valence-corrected chi connectivity index (χ0v) is 19.2. The number of nitrogens with one attached hydrogen (secondary N) is 1. The predicted octanol–water partition coefficient (Wildman–Crippen LogP) is 3.77.